The maximum absolute atomic E-state index is 12.4. The van der Waals surface area contributed by atoms with Gasteiger partial charge in [-0.1, -0.05) is 38.1 Å². The fourth-order valence-corrected chi connectivity index (χ4v) is 5.44. The number of anilines is 1. The van der Waals surface area contributed by atoms with E-state index >= 15 is 0 Å². The molecule has 0 aromatic heterocycles. The van der Waals surface area contributed by atoms with E-state index in [1.54, 1.807) is 0 Å². The normalized spacial score (nSPS) is 22.7. The van der Waals surface area contributed by atoms with Crippen molar-refractivity contribution in [3.63, 3.8) is 0 Å². The molecular formula is C25H30N4O3. The Morgan fingerprint density at radius 3 is 2.75 bits per heavy atom. The van der Waals surface area contributed by atoms with Crippen LogP contribution in [-0.2, 0) is 11.4 Å². The van der Waals surface area contributed by atoms with Crippen LogP contribution in [0.4, 0.5) is 5.69 Å². The lowest BCUT2D eigenvalue weighted by atomic mass is 9.68. The molecule has 168 valence electrons. The molecule has 3 aliphatic heterocycles. The van der Waals surface area contributed by atoms with Crippen molar-refractivity contribution < 1.29 is 14.6 Å². The number of amidine groups is 1. The van der Waals surface area contributed by atoms with Crippen molar-refractivity contribution in [1.29, 1.82) is 0 Å². The highest BCUT2D eigenvalue weighted by Crippen LogP contribution is 2.49. The minimum atomic E-state index is -0.366. The average molecular weight is 435 g/mol. The summed E-state index contributed by atoms with van der Waals surface area (Å²) in [7, 11) is 2.15. The molecule has 0 spiro atoms. The number of hydrazone groups is 1. The second-order valence-electron chi connectivity index (χ2n) is 9.61. The van der Waals surface area contributed by atoms with Gasteiger partial charge in [0.1, 0.15) is 18.4 Å². The fourth-order valence-electron chi connectivity index (χ4n) is 5.44. The van der Waals surface area contributed by atoms with Crippen LogP contribution in [0, 0.1) is 5.41 Å². The van der Waals surface area contributed by atoms with Gasteiger partial charge in [0, 0.05) is 13.1 Å². The Labute approximate surface area is 188 Å². The van der Waals surface area contributed by atoms with Crippen molar-refractivity contribution in [2.75, 3.05) is 31.6 Å². The lowest BCUT2D eigenvalue weighted by Crippen LogP contribution is -2.56. The molecule has 5 rings (SSSR count). The van der Waals surface area contributed by atoms with Gasteiger partial charge in [0.05, 0.1) is 12.3 Å². The van der Waals surface area contributed by atoms with E-state index in [1.807, 2.05) is 30.0 Å². The first-order chi connectivity index (χ1) is 15.3. The van der Waals surface area contributed by atoms with Gasteiger partial charge in [-0.3, -0.25) is 4.79 Å². The molecule has 3 aliphatic rings. The van der Waals surface area contributed by atoms with Crippen molar-refractivity contribution >= 4 is 17.4 Å². The van der Waals surface area contributed by atoms with E-state index in [-0.39, 0.29) is 29.9 Å². The van der Waals surface area contributed by atoms with Crippen LogP contribution < -0.4 is 15.1 Å². The van der Waals surface area contributed by atoms with E-state index in [9.17, 15) is 9.90 Å². The summed E-state index contributed by atoms with van der Waals surface area (Å²) in [5, 5.41) is 14.2. The molecule has 0 saturated carbocycles. The third kappa shape index (κ3) is 3.19. The Hall–Kier alpha value is -2.90. The van der Waals surface area contributed by atoms with Gasteiger partial charge in [-0.2, -0.15) is 5.10 Å². The van der Waals surface area contributed by atoms with E-state index in [0.29, 0.717) is 12.4 Å². The number of aliphatic hydroxyl groups is 1. The number of nitrogens with zero attached hydrogens (tertiary/aromatic N) is 3. The number of carbonyl (C=O) groups is 1. The summed E-state index contributed by atoms with van der Waals surface area (Å²) in [6.07, 6.45) is 0. The topological polar surface area (TPSA) is 77.4 Å². The minimum Gasteiger partial charge on any atom is -0.483 e. The zero-order valence-corrected chi connectivity index (χ0v) is 19.1. The van der Waals surface area contributed by atoms with Crippen LogP contribution in [0.15, 0.2) is 41.5 Å². The van der Waals surface area contributed by atoms with Gasteiger partial charge < -0.3 is 19.6 Å². The smallest absolute Gasteiger partial charge is 0.262 e. The maximum atomic E-state index is 12.4. The number of nitrogens with one attached hydrogen (secondary N) is 1. The highest BCUT2D eigenvalue weighted by atomic mass is 16.5. The van der Waals surface area contributed by atoms with Crippen LogP contribution in [0.3, 0.4) is 0 Å². The van der Waals surface area contributed by atoms with Gasteiger partial charge >= 0.3 is 0 Å². The number of aliphatic hydroxyl groups excluding tert-OH is 1. The van der Waals surface area contributed by atoms with Crippen molar-refractivity contribution in [3.05, 3.63) is 47.5 Å². The van der Waals surface area contributed by atoms with Crippen LogP contribution in [-0.4, -0.2) is 54.5 Å². The van der Waals surface area contributed by atoms with Crippen LogP contribution in [0.1, 0.15) is 37.8 Å². The average Bonchev–Trinajstić information content (AvgIpc) is 2.78. The molecular weight excluding hydrogens is 404 g/mol. The number of ether oxygens (including phenoxy) is 1. The summed E-state index contributed by atoms with van der Waals surface area (Å²) in [5.74, 6) is 1.59. The van der Waals surface area contributed by atoms with Crippen molar-refractivity contribution in [2.24, 2.45) is 10.5 Å². The van der Waals surface area contributed by atoms with Gasteiger partial charge in [0.25, 0.3) is 5.91 Å². The van der Waals surface area contributed by atoms with Crippen molar-refractivity contribution in [3.8, 4) is 16.9 Å². The number of hydrogen-bond donors (Lipinski definition) is 2. The molecule has 1 saturated heterocycles. The molecule has 3 heterocycles. The third-order valence-corrected chi connectivity index (χ3v) is 7.34. The summed E-state index contributed by atoms with van der Waals surface area (Å²) in [6.45, 7) is 8.83. The van der Waals surface area contributed by atoms with E-state index in [0.717, 1.165) is 41.2 Å². The van der Waals surface area contributed by atoms with Gasteiger partial charge in [-0.15, -0.1) is 0 Å². The van der Waals surface area contributed by atoms with Gasteiger partial charge in [-0.05, 0) is 59.7 Å². The van der Waals surface area contributed by atoms with Crippen LogP contribution in [0.5, 0.6) is 5.75 Å². The number of likely N-dealkylation sites (tertiary alicyclic amines) is 1. The molecule has 0 aliphatic carbocycles. The molecule has 2 unspecified atom stereocenters. The molecule has 1 amide bonds. The van der Waals surface area contributed by atoms with E-state index < -0.39 is 0 Å². The summed E-state index contributed by atoms with van der Waals surface area (Å²) < 4.78 is 6.10. The summed E-state index contributed by atoms with van der Waals surface area (Å²) in [4.78, 5) is 16.7. The lowest BCUT2D eigenvalue weighted by molar-refractivity contribution is -0.122. The standard InChI is InChI=1S/C25H30N4O3/c1-15(25(3)13-28(4)14-25)19-9-21-22(10-20(19)18-8-6-5-7-17(18)11-30)32-12-23-26-27-24(31)16(2)29(21)23/h5-10,15-16,30H,11-14H2,1-4H3,(H,27,31). The second-order valence-corrected chi connectivity index (χ2v) is 9.61. The third-order valence-electron chi connectivity index (χ3n) is 7.34. The molecule has 0 radical (unpaired) electrons. The molecule has 2 aromatic carbocycles. The Balaban J connectivity index is 1.70. The minimum absolute atomic E-state index is 0.0257. The monoisotopic (exact) mass is 434 g/mol. The van der Waals surface area contributed by atoms with Crippen molar-refractivity contribution in [1.82, 2.24) is 10.3 Å². The zero-order chi connectivity index (χ0) is 22.6. The molecule has 2 N–H and O–H groups in total. The second kappa shape index (κ2) is 7.60. The fraction of sp³-hybridized carbons (Fsp3) is 0.440. The number of carbonyl (C=O) groups excluding carboxylic acids is 1. The van der Waals surface area contributed by atoms with E-state index in [4.69, 9.17) is 4.74 Å². The predicted molar refractivity (Wildman–Crippen MR) is 125 cm³/mol. The molecule has 0 bridgehead atoms. The Morgan fingerprint density at radius 2 is 2.03 bits per heavy atom. The van der Waals surface area contributed by atoms with Crippen LogP contribution in [0.25, 0.3) is 11.1 Å². The predicted octanol–water partition coefficient (Wildman–Crippen LogP) is 2.93. The highest BCUT2D eigenvalue weighted by molar-refractivity contribution is 6.09. The first kappa shape index (κ1) is 21.0. The number of benzene rings is 2. The summed E-state index contributed by atoms with van der Waals surface area (Å²) in [5.41, 5.74) is 7.79. The molecule has 7 nitrogen and oxygen atoms in total. The Kier molecular flexibility index (Phi) is 4.98. The van der Waals surface area contributed by atoms with Crippen LogP contribution >= 0.6 is 0 Å². The number of amides is 1. The van der Waals surface area contributed by atoms with Gasteiger partial charge in [-0.25, -0.2) is 5.43 Å². The molecule has 2 aromatic rings. The first-order valence-corrected chi connectivity index (χ1v) is 11.2. The zero-order valence-electron chi connectivity index (χ0n) is 19.1. The first-order valence-electron chi connectivity index (χ1n) is 11.2. The van der Waals surface area contributed by atoms with Gasteiger partial charge in [0.15, 0.2) is 5.84 Å². The molecule has 7 heteroatoms. The highest BCUT2D eigenvalue weighted by Gasteiger charge is 2.43. The number of hydrogen-bond acceptors (Lipinski definition) is 6. The summed E-state index contributed by atoms with van der Waals surface area (Å²) >= 11 is 0. The molecule has 32 heavy (non-hydrogen) atoms. The summed E-state index contributed by atoms with van der Waals surface area (Å²) in [6, 6.07) is 11.9. The molecule has 1 fully saturated rings. The lowest BCUT2D eigenvalue weighted by Gasteiger charge is -2.51. The number of fused-ring (bicyclic) bond motifs is 3. The molecule has 2 atom stereocenters. The largest absolute Gasteiger partial charge is 0.483 e. The van der Waals surface area contributed by atoms with Crippen molar-refractivity contribution in [2.45, 2.75) is 39.3 Å². The van der Waals surface area contributed by atoms with Crippen LogP contribution in [0.2, 0.25) is 0 Å². The quantitative estimate of drug-likeness (QED) is 0.774. The van der Waals surface area contributed by atoms with E-state index in [2.05, 4.69) is 54.5 Å². The Morgan fingerprint density at radius 1 is 1.28 bits per heavy atom. The van der Waals surface area contributed by atoms with E-state index in [1.165, 1.54) is 5.56 Å². The number of rotatable bonds is 4. The Bertz CT molecular complexity index is 1110. The van der Waals surface area contributed by atoms with Gasteiger partial charge in [0.2, 0.25) is 0 Å². The SMILES string of the molecule is CC1C(=O)NN=C2COc3cc(-c4ccccc4CO)c(C(C)C4(C)CN(C)C4)cc3N21. The maximum Gasteiger partial charge on any atom is 0.262 e.